The van der Waals surface area contributed by atoms with Crippen molar-refractivity contribution in [3.8, 4) is 0 Å². The molecule has 0 radical (unpaired) electrons. The van der Waals surface area contributed by atoms with E-state index in [-0.39, 0.29) is 43.6 Å². The molecular formula is C27H44FN3O6. The number of nitrogens with one attached hydrogen (secondary N) is 2. The van der Waals surface area contributed by atoms with Crippen molar-refractivity contribution in [2.24, 2.45) is 11.8 Å². The summed E-state index contributed by atoms with van der Waals surface area (Å²) in [5, 5.41) is 44.6. The van der Waals surface area contributed by atoms with Gasteiger partial charge in [0.15, 0.2) is 0 Å². The molecule has 2 aliphatic rings. The van der Waals surface area contributed by atoms with Crippen LogP contribution in [0.4, 0.5) is 4.39 Å². The fraction of sp³-hybridized carbons (Fsp3) is 0.741. The zero-order valence-electron chi connectivity index (χ0n) is 21.7. The third-order valence-corrected chi connectivity index (χ3v) is 7.40. The Morgan fingerprint density at radius 3 is 2.62 bits per heavy atom. The lowest BCUT2D eigenvalue weighted by molar-refractivity contribution is -0.136. The van der Waals surface area contributed by atoms with E-state index in [0.717, 1.165) is 31.0 Å². The summed E-state index contributed by atoms with van der Waals surface area (Å²) in [6.45, 7) is 4.69. The first-order chi connectivity index (χ1) is 17.9. The molecule has 3 atom stereocenters. The topological polar surface area (TPSA) is 135 Å². The molecule has 10 heteroatoms. The number of likely N-dealkylation sites (tertiary alicyclic amines) is 1. The maximum absolute atomic E-state index is 14.6. The summed E-state index contributed by atoms with van der Waals surface area (Å²) >= 11 is 0. The van der Waals surface area contributed by atoms with Crippen molar-refractivity contribution in [1.82, 2.24) is 15.5 Å². The van der Waals surface area contributed by atoms with Crippen LogP contribution in [0.15, 0.2) is 18.2 Å². The molecule has 2 heterocycles. The molecule has 3 rings (SSSR count). The summed E-state index contributed by atoms with van der Waals surface area (Å²) < 4.78 is 20.3. The molecule has 0 saturated carbocycles. The number of piperidine rings is 1. The van der Waals surface area contributed by atoms with Crippen molar-refractivity contribution in [1.29, 1.82) is 0 Å². The van der Waals surface area contributed by atoms with Crippen molar-refractivity contribution in [3.05, 3.63) is 35.1 Å². The molecule has 2 fully saturated rings. The first-order valence-electron chi connectivity index (χ1n) is 13.6. The average Bonchev–Trinajstić information content (AvgIpc) is 2.86. The van der Waals surface area contributed by atoms with Gasteiger partial charge in [0.1, 0.15) is 11.9 Å². The Kier molecular flexibility index (Phi) is 12.7. The predicted octanol–water partition coefficient (Wildman–Crippen LogP) is 0.178. The second kappa shape index (κ2) is 15.7. The highest BCUT2D eigenvalue weighted by Gasteiger charge is 2.31. The molecule has 6 N–H and O–H groups in total. The van der Waals surface area contributed by atoms with Crippen molar-refractivity contribution in [2.45, 2.75) is 63.4 Å². The minimum Gasteiger partial charge on any atom is -0.396 e. The molecule has 210 valence electrons. The van der Waals surface area contributed by atoms with E-state index in [1.54, 1.807) is 11.0 Å². The third-order valence-electron chi connectivity index (χ3n) is 7.40. The Bertz CT molecular complexity index is 819. The Morgan fingerprint density at radius 1 is 1.16 bits per heavy atom. The number of halogens is 1. The molecule has 1 aromatic rings. The summed E-state index contributed by atoms with van der Waals surface area (Å²) in [5.74, 6) is 0.468. The summed E-state index contributed by atoms with van der Waals surface area (Å²) in [4.78, 5) is 14.2. The quantitative estimate of drug-likeness (QED) is 0.168. The molecule has 2 saturated heterocycles. The lowest BCUT2D eigenvalue weighted by Gasteiger charge is -2.39. The van der Waals surface area contributed by atoms with Crippen molar-refractivity contribution >= 4 is 5.91 Å². The Balaban J connectivity index is 1.28. The number of carbonyl (C=O) groups excluding carboxylic acids is 1. The van der Waals surface area contributed by atoms with Crippen LogP contribution in [0.2, 0.25) is 0 Å². The highest BCUT2D eigenvalue weighted by Crippen LogP contribution is 2.20. The number of benzene rings is 1. The Hall–Kier alpha value is -1.66. The molecule has 0 bridgehead atoms. The number of nitrogens with zero attached hydrogens (tertiary/aromatic N) is 1. The molecule has 0 aromatic heterocycles. The maximum atomic E-state index is 14.6. The third kappa shape index (κ3) is 9.86. The van der Waals surface area contributed by atoms with Gasteiger partial charge in [-0.1, -0.05) is 12.1 Å². The molecule has 1 aromatic carbocycles. The van der Waals surface area contributed by atoms with Gasteiger partial charge in [-0.25, -0.2) is 4.39 Å². The molecule has 9 nitrogen and oxygen atoms in total. The molecule has 0 aliphatic carbocycles. The summed E-state index contributed by atoms with van der Waals surface area (Å²) in [6.07, 6.45) is 0.973. The second-order valence-corrected chi connectivity index (χ2v) is 10.5. The first-order valence-corrected chi connectivity index (χ1v) is 13.6. The number of hydrogen-bond acceptors (Lipinski definition) is 8. The number of hydrogen-bond donors (Lipinski definition) is 6. The first kappa shape index (κ1) is 29.9. The Labute approximate surface area is 219 Å². The lowest BCUT2D eigenvalue weighted by atomic mass is 9.93. The van der Waals surface area contributed by atoms with Crippen LogP contribution in [-0.4, -0.2) is 102 Å². The lowest BCUT2D eigenvalue weighted by Crippen LogP contribution is -2.54. The van der Waals surface area contributed by atoms with Crippen LogP contribution in [0, 0.1) is 17.7 Å². The van der Waals surface area contributed by atoms with Crippen molar-refractivity contribution in [2.75, 3.05) is 52.5 Å². The van der Waals surface area contributed by atoms with Gasteiger partial charge in [-0.3, -0.25) is 4.79 Å². The monoisotopic (exact) mass is 525 g/mol. The molecular weight excluding hydrogens is 481 g/mol. The molecule has 0 spiro atoms. The molecule has 37 heavy (non-hydrogen) atoms. The van der Waals surface area contributed by atoms with Crippen molar-refractivity contribution in [3.63, 3.8) is 0 Å². The van der Waals surface area contributed by atoms with Gasteiger partial charge in [0, 0.05) is 45.3 Å². The number of aliphatic hydroxyl groups is 4. The highest BCUT2D eigenvalue weighted by atomic mass is 19.1. The maximum Gasteiger partial charge on any atom is 0.227 e. The summed E-state index contributed by atoms with van der Waals surface area (Å²) in [5.41, 5.74) is 1.14. The van der Waals surface area contributed by atoms with E-state index in [9.17, 15) is 24.5 Å². The van der Waals surface area contributed by atoms with Gasteiger partial charge in [-0.05, 0) is 68.3 Å². The van der Waals surface area contributed by atoms with Gasteiger partial charge < -0.3 is 40.7 Å². The minimum absolute atomic E-state index is 0.00619. The predicted molar refractivity (Wildman–Crippen MR) is 137 cm³/mol. The number of amides is 1. The van der Waals surface area contributed by atoms with E-state index >= 15 is 0 Å². The van der Waals surface area contributed by atoms with Crippen LogP contribution >= 0.6 is 0 Å². The van der Waals surface area contributed by atoms with E-state index < -0.39 is 18.3 Å². The number of aliphatic hydroxyl groups excluding tert-OH is 4. The van der Waals surface area contributed by atoms with Crippen LogP contribution in [-0.2, 0) is 22.6 Å². The summed E-state index contributed by atoms with van der Waals surface area (Å²) in [7, 11) is 0. The normalized spacial score (nSPS) is 19.4. The van der Waals surface area contributed by atoms with Crippen LogP contribution in [0.5, 0.6) is 0 Å². The van der Waals surface area contributed by atoms with E-state index in [4.69, 9.17) is 9.84 Å². The molecule has 2 aliphatic heterocycles. The van der Waals surface area contributed by atoms with Crippen LogP contribution < -0.4 is 10.6 Å². The fourth-order valence-corrected chi connectivity index (χ4v) is 4.95. The number of carbonyl (C=O) groups is 1. The van der Waals surface area contributed by atoms with E-state index in [2.05, 4.69) is 10.6 Å². The van der Waals surface area contributed by atoms with Gasteiger partial charge >= 0.3 is 0 Å². The standard InChI is InChI=1S/C27H44FN3O6/c28-23-12-20(18-37-11-1-2-19-5-8-29-9-6-19)3-4-22(23)13-26(35)31-16-21(17-31)14-30-15-25(34)27(36)24(33)7-10-32/h3-4,12,19,21,24-25,27,29-30,32-34,36H,1-2,5-11,13-18H2/t24-,25+,27+/m1/s1. The molecule has 0 unspecified atom stereocenters. The summed E-state index contributed by atoms with van der Waals surface area (Å²) in [6, 6.07) is 4.94. The van der Waals surface area contributed by atoms with Crippen LogP contribution in [0.25, 0.3) is 0 Å². The second-order valence-electron chi connectivity index (χ2n) is 10.5. The van der Waals surface area contributed by atoms with Crippen LogP contribution in [0.1, 0.15) is 43.2 Å². The van der Waals surface area contributed by atoms with E-state index in [1.807, 2.05) is 6.07 Å². The zero-order valence-corrected chi connectivity index (χ0v) is 21.7. The van der Waals surface area contributed by atoms with Gasteiger partial charge in [-0.15, -0.1) is 0 Å². The fourth-order valence-electron chi connectivity index (χ4n) is 4.95. The van der Waals surface area contributed by atoms with Gasteiger partial charge in [0.2, 0.25) is 5.91 Å². The van der Waals surface area contributed by atoms with Crippen molar-refractivity contribution < 1.29 is 34.3 Å². The number of rotatable bonds is 16. The highest BCUT2D eigenvalue weighted by molar-refractivity contribution is 5.79. The average molecular weight is 526 g/mol. The van der Waals surface area contributed by atoms with Gasteiger partial charge in [-0.2, -0.15) is 0 Å². The number of ether oxygens (including phenoxy) is 1. The smallest absolute Gasteiger partial charge is 0.227 e. The Morgan fingerprint density at radius 2 is 1.92 bits per heavy atom. The SMILES string of the molecule is O=C(Cc1ccc(COCCCC2CCNCC2)cc1F)N1CC(CNC[C@H](O)[C@@H](O)[C@H](O)CCO)C1. The van der Waals surface area contributed by atoms with E-state index in [0.29, 0.717) is 38.4 Å². The zero-order chi connectivity index (χ0) is 26.6. The minimum atomic E-state index is -1.34. The van der Waals surface area contributed by atoms with Crippen LogP contribution in [0.3, 0.4) is 0 Å². The van der Waals surface area contributed by atoms with Gasteiger partial charge in [0.25, 0.3) is 0 Å². The largest absolute Gasteiger partial charge is 0.396 e. The molecule has 1 amide bonds. The van der Waals surface area contributed by atoms with E-state index in [1.165, 1.54) is 25.3 Å². The van der Waals surface area contributed by atoms with Gasteiger partial charge in [0.05, 0.1) is 25.2 Å².